The molecule has 0 bridgehead atoms. The lowest BCUT2D eigenvalue weighted by Crippen LogP contribution is -2.18. The zero-order chi connectivity index (χ0) is 16.0. The third-order valence-corrected chi connectivity index (χ3v) is 3.44. The quantitative estimate of drug-likeness (QED) is 0.888. The molecule has 0 heterocycles. The van der Waals surface area contributed by atoms with E-state index in [0.717, 1.165) is 0 Å². The average Bonchev–Trinajstić information content (AvgIpc) is 2.42. The summed E-state index contributed by atoms with van der Waals surface area (Å²) < 4.78 is 0. The van der Waals surface area contributed by atoms with Gasteiger partial charge in [-0.3, -0.25) is 9.59 Å². The summed E-state index contributed by atoms with van der Waals surface area (Å²) in [6.45, 7) is 1.64. The summed E-state index contributed by atoms with van der Waals surface area (Å²) in [6, 6.07) is 11.9. The summed E-state index contributed by atoms with van der Waals surface area (Å²) in [6.07, 6.45) is 0. The van der Waals surface area contributed by atoms with Crippen molar-refractivity contribution in [2.75, 3.05) is 0 Å². The minimum atomic E-state index is -0.555. The fourth-order valence-electron chi connectivity index (χ4n) is 1.61. The van der Waals surface area contributed by atoms with Crippen LogP contribution in [-0.4, -0.2) is 11.8 Å². The van der Waals surface area contributed by atoms with E-state index in [-0.39, 0.29) is 0 Å². The molecule has 2 aromatic rings. The summed E-state index contributed by atoms with van der Waals surface area (Å²) in [7, 11) is 0. The Bertz CT molecular complexity index is 619. The van der Waals surface area contributed by atoms with Gasteiger partial charge in [0.2, 0.25) is 11.8 Å². The molecule has 2 amide bonds. The highest BCUT2D eigenvalue weighted by atomic mass is 35.5. The van der Waals surface area contributed by atoms with Crippen LogP contribution >= 0.6 is 23.2 Å². The monoisotopic (exact) mass is 324 g/mol. The minimum absolute atomic E-state index is 0.330. The predicted molar refractivity (Wildman–Crippen MR) is 84.7 cm³/mol. The third-order valence-electron chi connectivity index (χ3n) is 2.69. The highest BCUT2D eigenvalue weighted by Gasteiger charge is 2.10. The summed E-state index contributed by atoms with van der Waals surface area (Å²) in [5, 5.41) is 1.21. The second kappa shape index (κ2) is 7.67. The highest BCUT2D eigenvalue weighted by molar-refractivity contribution is 6.41. The second-order valence-corrected chi connectivity index (χ2v) is 4.94. The van der Waals surface area contributed by atoms with Gasteiger partial charge >= 0.3 is 0 Å². The number of amides is 2. The molecule has 0 atom stereocenters. The topological polar surface area (TPSA) is 86.2 Å². The van der Waals surface area contributed by atoms with Gasteiger partial charge in [-0.1, -0.05) is 41.4 Å². The van der Waals surface area contributed by atoms with E-state index in [9.17, 15) is 9.59 Å². The fraction of sp³-hybridized carbons (Fsp3) is 0.0667. The molecule has 0 aromatic heterocycles. The first-order valence-electron chi connectivity index (χ1n) is 5.93. The van der Waals surface area contributed by atoms with Crippen LogP contribution in [0.25, 0.3) is 0 Å². The molecule has 0 aliphatic heterocycles. The van der Waals surface area contributed by atoms with Gasteiger partial charge in [0.1, 0.15) is 0 Å². The zero-order valence-corrected chi connectivity index (χ0v) is 12.8. The molecule has 0 radical (unpaired) electrons. The first-order chi connectivity index (χ1) is 9.84. The molecule has 0 fully saturated rings. The Morgan fingerprint density at radius 3 is 1.48 bits per heavy atom. The number of hydrogen-bond acceptors (Lipinski definition) is 2. The van der Waals surface area contributed by atoms with E-state index in [4.69, 9.17) is 34.7 Å². The fourth-order valence-corrected chi connectivity index (χ4v) is 1.88. The third kappa shape index (κ3) is 4.77. The van der Waals surface area contributed by atoms with E-state index in [0.29, 0.717) is 26.7 Å². The zero-order valence-electron chi connectivity index (χ0n) is 11.3. The largest absolute Gasteiger partial charge is 0.366 e. The molecule has 0 aliphatic carbocycles. The molecule has 0 spiro atoms. The SMILES string of the molecule is Cc1c(C(N)=O)cccc1C(N)=O.Clc1ccccc1Cl. The lowest BCUT2D eigenvalue weighted by molar-refractivity contribution is 0.0999. The molecule has 0 aliphatic rings. The van der Waals surface area contributed by atoms with Crippen molar-refractivity contribution in [1.82, 2.24) is 0 Å². The van der Waals surface area contributed by atoms with Crippen LogP contribution in [0, 0.1) is 6.92 Å². The molecule has 4 nitrogen and oxygen atoms in total. The van der Waals surface area contributed by atoms with Gasteiger partial charge in [-0.15, -0.1) is 0 Å². The number of benzene rings is 2. The van der Waals surface area contributed by atoms with Crippen LogP contribution in [0.5, 0.6) is 0 Å². The van der Waals surface area contributed by atoms with Gasteiger partial charge in [0.15, 0.2) is 0 Å². The van der Waals surface area contributed by atoms with E-state index < -0.39 is 11.8 Å². The number of carbonyl (C=O) groups excluding carboxylic acids is 2. The highest BCUT2D eigenvalue weighted by Crippen LogP contribution is 2.19. The van der Waals surface area contributed by atoms with E-state index in [1.54, 1.807) is 37.3 Å². The molecule has 21 heavy (non-hydrogen) atoms. The first-order valence-corrected chi connectivity index (χ1v) is 6.69. The molecule has 0 saturated carbocycles. The number of hydrogen-bond donors (Lipinski definition) is 2. The van der Waals surface area contributed by atoms with Gasteiger partial charge in [-0.25, -0.2) is 0 Å². The molecule has 2 rings (SSSR count). The molecule has 4 N–H and O–H groups in total. The maximum absolute atomic E-state index is 10.9. The van der Waals surface area contributed by atoms with Crippen molar-refractivity contribution >= 4 is 35.0 Å². The first kappa shape index (κ1) is 17.0. The van der Waals surface area contributed by atoms with Crippen LogP contribution in [0.1, 0.15) is 26.3 Å². The smallest absolute Gasteiger partial charge is 0.248 e. The molecule has 0 unspecified atom stereocenters. The van der Waals surface area contributed by atoms with Crippen molar-refractivity contribution in [2.24, 2.45) is 11.5 Å². The van der Waals surface area contributed by atoms with Crippen molar-refractivity contribution in [3.05, 3.63) is 69.2 Å². The normalized spacial score (nSPS) is 9.48. The van der Waals surface area contributed by atoms with Crippen LogP contribution < -0.4 is 11.5 Å². The minimum Gasteiger partial charge on any atom is -0.366 e. The van der Waals surface area contributed by atoms with Crippen LogP contribution in [-0.2, 0) is 0 Å². The summed E-state index contributed by atoms with van der Waals surface area (Å²) in [5.74, 6) is -1.11. The molecule has 110 valence electrons. The lowest BCUT2D eigenvalue weighted by Gasteiger charge is -2.04. The van der Waals surface area contributed by atoms with Gasteiger partial charge < -0.3 is 11.5 Å². The Hall–Kier alpha value is -2.04. The Labute approximate surface area is 132 Å². The number of nitrogens with two attached hydrogens (primary N) is 2. The van der Waals surface area contributed by atoms with Crippen molar-refractivity contribution in [3.63, 3.8) is 0 Å². The Morgan fingerprint density at radius 1 is 0.810 bits per heavy atom. The van der Waals surface area contributed by atoms with Crippen molar-refractivity contribution < 1.29 is 9.59 Å². The average molecular weight is 325 g/mol. The Kier molecular flexibility index (Phi) is 6.21. The van der Waals surface area contributed by atoms with Crippen molar-refractivity contribution in [1.29, 1.82) is 0 Å². The molecule has 6 heteroatoms. The Morgan fingerprint density at radius 2 is 1.19 bits per heavy atom. The maximum atomic E-state index is 10.9. The molecule has 2 aromatic carbocycles. The van der Waals surface area contributed by atoms with Crippen LogP contribution in [0.15, 0.2) is 42.5 Å². The number of carbonyl (C=O) groups is 2. The summed E-state index contributed by atoms with van der Waals surface area (Å²) in [4.78, 5) is 21.7. The van der Waals surface area contributed by atoms with Gasteiger partial charge in [0.05, 0.1) is 10.0 Å². The number of halogens is 2. The van der Waals surface area contributed by atoms with Gasteiger partial charge in [0, 0.05) is 11.1 Å². The van der Waals surface area contributed by atoms with E-state index in [1.807, 2.05) is 12.1 Å². The summed E-state index contributed by atoms with van der Waals surface area (Å²) in [5.41, 5.74) is 11.4. The number of primary amides is 2. The molecular weight excluding hydrogens is 311 g/mol. The second-order valence-electron chi connectivity index (χ2n) is 4.12. The van der Waals surface area contributed by atoms with E-state index in [1.165, 1.54) is 0 Å². The molecule has 0 saturated heterocycles. The summed E-state index contributed by atoms with van der Waals surface area (Å²) >= 11 is 11.2. The van der Waals surface area contributed by atoms with Gasteiger partial charge in [-0.2, -0.15) is 0 Å². The van der Waals surface area contributed by atoms with E-state index >= 15 is 0 Å². The standard InChI is InChI=1S/C9H10N2O2.C6H4Cl2/c1-5-6(8(10)12)3-2-4-7(5)9(11)13;7-5-3-1-2-4-6(5)8/h2-4H,1H3,(H2,10,12)(H2,11,13);1-4H. The molecular formula is C15H14Cl2N2O2. The number of rotatable bonds is 2. The van der Waals surface area contributed by atoms with Gasteiger partial charge in [0.25, 0.3) is 0 Å². The van der Waals surface area contributed by atoms with Gasteiger partial charge in [-0.05, 0) is 36.8 Å². The van der Waals surface area contributed by atoms with Crippen molar-refractivity contribution in [2.45, 2.75) is 6.92 Å². The maximum Gasteiger partial charge on any atom is 0.248 e. The Balaban J connectivity index is 0.000000235. The van der Waals surface area contributed by atoms with Crippen molar-refractivity contribution in [3.8, 4) is 0 Å². The predicted octanol–water partition coefficient (Wildman–Crippen LogP) is 3.19. The lowest BCUT2D eigenvalue weighted by atomic mass is 10.0. The van der Waals surface area contributed by atoms with E-state index in [2.05, 4.69) is 0 Å². The van der Waals surface area contributed by atoms with Crippen LogP contribution in [0.4, 0.5) is 0 Å². The van der Waals surface area contributed by atoms with Crippen LogP contribution in [0.2, 0.25) is 10.0 Å². The van der Waals surface area contributed by atoms with Crippen LogP contribution in [0.3, 0.4) is 0 Å².